The fourth-order valence-electron chi connectivity index (χ4n) is 2.63. The number of hydrogen-bond donors (Lipinski definition) is 2. The van der Waals surface area contributed by atoms with Gasteiger partial charge in [-0.3, -0.25) is 4.79 Å². The highest BCUT2D eigenvalue weighted by atomic mass is 35.5. The molecule has 3 aromatic carbocycles. The SMILES string of the molecule is O=C(CCc1ccc(Oc2ccccc2)cc1)Nc1cc(Cl)ccc1C(=O)O. The van der Waals surface area contributed by atoms with E-state index >= 15 is 0 Å². The number of carboxylic acids is 1. The molecular formula is C22H18ClNO4. The summed E-state index contributed by atoms with van der Waals surface area (Å²) in [6.45, 7) is 0. The maximum Gasteiger partial charge on any atom is 0.337 e. The average molecular weight is 396 g/mol. The molecule has 3 aromatic rings. The van der Waals surface area contributed by atoms with Crippen LogP contribution in [-0.4, -0.2) is 17.0 Å². The first-order valence-corrected chi connectivity index (χ1v) is 9.03. The van der Waals surface area contributed by atoms with Crippen molar-refractivity contribution < 1.29 is 19.4 Å². The smallest absolute Gasteiger partial charge is 0.337 e. The Kier molecular flexibility index (Phi) is 6.29. The minimum absolute atomic E-state index is 0.000152. The third kappa shape index (κ3) is 5.34. The van der Waals surface area contributed by atoms with Crippen LogP contribution in [0.5, 0.6) is 11.5 Å². The van der Waals surface area contributed by atoms with E-state index in [-0.39, 0.29) is 23.6 Å². The number of carbonyl (C=O) groups is 2. The van der Waals surface area contributed by atoms with Crippen LogP contribution in [0.25, 0.3) is 0 Å². The summed E-state index contributed by atoms with van der Waals surface area (Å²) in [7, 11) is 0. The van der Waals surface area contributed by atoms with Crippen molar-refractivity contribution in [2.75, 3.05) is 5.32 Å². The number of hydrogen-bond acceptors (Lipinski definition) is 3. The summed E-state index contributed by atoms with van der Waals surface area (Å²) in [6.07, 6.45) is 0.727. The third-order valence-corrected chi connectivity index (χ3v) is 4.26. The van der Waals surface area contributed by atoms with E-state index in [1.54, 1.807) is 0 Å². The van der Waals surface area contributed by atoms with Gasteiger partial charge in [0.1, 0.15) is 11.5 Å². The van der Waals surface area contributed by atoms with E-state index in [1.807, 2.05) is 54.6 Å². The van der Waals surface area contributed by atoms with Gasteiger partial charge in [-0.15, -0.1) is 0 Å². The van der Waals surface area contributed by atoms with Crippen molar-refractivity contribution in [3.05, 3.63) is 88.9 Å². The molecule has 1 amide bonds. The van der Waals surface area contributed by atoms with Crippen molar-refractivity contribution in [3.8, 4) is 11.5 Å². The molecule has 6 heteroatoms. The summed E-state index contributed by atoms with van der Waals surface area (Å²) in [5, 5.41) is 12.2. The van der Waals surface area contributed by atoms with E-state index in [1.165, 1.54) is 18.2 Å². The van der Waals surface area contributed by atoms with E-state index in [2.05, 4.69) is 5.32 Å². The molecule has 0 saturated carbocycles. The Labute approximate surface area is 167 Å². The first-order valence-electron chi connectivity index (χ1n) is 8.66. The van der Waals surface area contributed by atoms with Gasteiger partial charge in [-0.1, -0.05) is 41.9 Å². The summed E-state index contributed by atoms with van der Waals surface area (Å²) < 4.78 is 5.74. The molecule has 0 aliphatic carbocycles. The lowest BCUT2D eigenvalue weighted by Gasteiger charge is -2.09. The molecule has 0 radical (unpaired) electrons. The fourth-order valence-corrected chi connectivity index (χ4v) is 2.80. The Bertz CT molecular complexity index is 972. The third-order valence-electron chi connectivity index (χ3n) is 4.03. The van der Waals surface area contributed by atoms with Crippen LogP contribution in [0.15, 0.2) is 72.8 Å². The van der Waals surface area contributed by atoms with Crippen LogP contribution in [-0.2, 0) is 11.2 Å². The Balaban J connectivity index is 1.56. The summed E-state index contributed by atoms with van der Waals surface area (Å²) in [4.78, 5) is 23.5. The van der Waals surface area contributed by atoms with E-state index in [9.17, 15) is 14.7 Å². The van der Waals surface area contributed by atoms with Gasteiger partial charge in [0.25, 0.3) is 0 Å². The maximum absolute atomic E-state index is 12.2. The Morgan fingerprint density at radius 2 is 1.61 bits per heavy atom. The molecule has 0 heterocycles. The lowest BCUT2D eigenvalue weighted by molar-refractivity contribution is -0.116. The molecule has 0 bridgehead atoms. The molecule has 0 aliphatic rings. The molecule has 0 aromatic heterocycles. The molecule has 0 atom stereocenters. The normalized spacial score (nSPS) is 10.3. The molecule has 3 rings (SSSR count). The van der Waals surface area contributed by atoms with Gasteiger partial charge in [-0.25, -0.2) is 4.79 Å². The minimum Gasteiger partial charge on any atom is -0.478 e. The van der Waals surface area contributed by atoms with E-state index < -0.39 is 5.97 Å². The predicted octanol–water partition coefficient (Wildman–Crippen LogP) is 5.40. The van der Waals surface area contributed by atoms with Gasteiger partial charge in [0, 0.05) is 11.4 Å². The zero-order valence-corrected chi connectivity index (χ0v) is 15.6. The van der Waals surface area contributed by atoms with Gasteiger partial charge in [-0.05, 0) is 54.4 Å². The Hall–Kier alpha value is -3.31. The second-order valence-electron chi connectivity index (χ2n) is 6.10. The number of aromatic carboxylic acids is 1. The molecule has 0 fully saturated rings. The minimum atomic E-state index is -1.12. The number of anilines is 1. The van der Waals surface area contributed by atoms with E-state index in [0.717, 1.165) is 11.3 Å². The van der Waals surface area contributed by atoms with Crippen molar-refractivity contribution in [1.29, 1.82) is 0 Å². The molecule has 2 N–H and O–H groups in total. The van der Waals surface area contributed by atoms with Crippen LogP contribution < -0.4 is 10.1 Å². The topological polar surface area (TPSA) is 75.6 Å². The van der Waals surface area contributed by atoms with Crippen LogP contribution in [0.3, 0.4) is 0 Å². The molecule has 5 nitrogen and oxygen atoms in total. The number of benzene rings is 3. The summed E-state index contributed by atoms with van der Waals surface area (Å²) in [6, 6.07) is 21.2. The van der Waals surface area contributed by atoms with E-state index in [4.69, 9.17) is 16.3 Å². The highest BCUT2D eigenvalue weighted by Crippen LogP contribution is 2.23. The number of ether oxygens (including phenoxy) is 1. The van der Waals surface area contributed by atoms with Crippen LogP contribution in [0, 0.1) is 0 Å². The Morgan fingerprint density at radius 1 is 0.929 bits per heavy atom. The van der Waals surface area contributed by atoms with Crippen LogP contribution in [0.4, 0.5) is 5.69 Å². The molecule has 0 saturated heterocycles. The number of carboxylic acid groups (broad SMARTS) is 1. The van der Waals surface area contributed by atoms with Crippen molar-refractivity contribution in [2.45, 2.75) is 12.8 Å². The van der Waals surface area contributed by atoms with Gasteiger partial charge in [-0.2, -0.15) is 0 Å². The number of halogens is 1. The molecular weight excluding hydrogens is 378 g/mol. The standard InChI is InChI=1S/C22H18ClNO4/c23-16-9-12-19(22(26)27)20(14-16)24-21(25)13-8-15-6-10-18(11-7-15)28-17-4-2-1-3-5-17/h1-7,9-12,14H,8,13H2,(H,24,25)(H,26,27). The summed E-state index contributed by atoms with van der Waals surface area (Å²) in [5.74, 6) is 0.0603. The number of aryl methyl sites for hydroxylation is 1. The number of carbonyl (C=O) groups excluding carboxylic acids is 1. The lowest BCUT2D eigenvalue weighted by Crippen LogP contribution is -2.15. The highest BCUT2D eigenvalue weighted by Gasteiger charge is 2.13. The summed E-state index contributed by atoms with van der Waals surface area (Å²) >= 11 is 5.89. The number of nitrogens with one attached hydrogen (secondary N) is 1. The van der Waals surface area contributed by atoms with Crippen molar-refractivity contribution >= 4 is 29.2 Å². The number of para-hydroxylation sites is 1. The quantitative estimate of drug-likeness (QED) is 0.561. The van der Waals surface area contributed by atoms with Gasteiger partial charge in [0.2, 0.25) is 5.91 Å². The predicted molar refractivity (Wildman–Crippen MR) is 108 cm³/mol. The lowest BCUT2D eigenvalue weighted by atomic mass is 10.1. The van der Waals surface area contributed by atoms with Crippen LogP contribution in [0.2, 0.25) is 5.02 Å². The molecule has 0 spiro atoms. The highest BCUT2D eigenvalue weighted by molar-refractivity contribution is 6.31. The summed E-state index contributed by atoms with van der Waals surface area (Å²) in [5.41, 5.74) is 1.16. The second-order valence-corrected chi connectivity index (χ2v) is 6.54. The molecule has 0 aliphatic heterocycles. The average Bonchev–Trinajstić information content (AvgIpc) is 2.68. The Morgan fingerprint density at radius 3 is 2.29 bits per heavy atom. The van der Waals surface area contributed by atoms with E-state index in [0.29, 0.717) is 17.2 Å². The number of rotatable bonds is 7. The van der Waals surface area contributed by atoms with Gasteiger partial charge >= 0.3 is 5.97 Å². The molecule has 142 valence electrons. The maximum atomic E-state index is 12.2. The second kappa shape index (κ2) is 9.06. The van der Waals surface area contributed by atoms with Crippen molar-refractivity contribution in [2.24, 2.45) is 0 Å². The monoisotopic (exact) mass is 395 g/mol. The van der Waals surface area contributed by atoms with Crippen LogP contribution >= 0.6 is 11.6 Å². The molecule has 28 heavy (non-hydrogen) atoms. The van der Waals surface area contributed by atoms with Gasteiger partial charge in [0.05, 0.1) is 11.3 Å². The molecule has 0 unspecified atom stereocenters. The van der Waals surface area contributed by atoms with Crippen molar-refractivity contribution in [1.82, 2.24) is 0 Å². The van der Waals surface area contributed by atoms with Gasteiger partial charge in [0.15, 0.2) is 0 Å². The number of amides is 1. The largest absolute Gasteiger partial charge is 0.478 e. The zero-order valence-electron chi connectivity index (χ0n) is 14.9. The first kappa shape index (κ1) is 19.5. The van der Waals surface area contributed by atoms with Crippen molar-refractivity contribution in [3.63, 3.8) is 0 Å². The first-order chi connectivity index (χ1) is 13.5. The fraction of sp³-hybridized carbons (Fsp3) is 0.0909. The zero-order chi connectivity index (χ0) is 19.9. The van der Waals surface area contributed by atoms with Gasteiger partial charge < -0.3 is 15.2 Å². The van der Waals surface area contributed by atoms with Crippen LogP contribution in [0.1, 0.15) is 22.3 Å².